The third kappa shape index (κ3) is 3.53. The Morgan fingerprint density at radius 3 is 2.45 bits per heavy atom. The Morgan fingerprint density at radius 1 is 1.26 bits per heavy atom. The third-order valence-corrected chi connectivity index (χ3v) is 8.34. The van der Waals surface area contributed by atoms with Gasteiger partial charge in [0.1, 0.15) is 5.60 Å². The first-order chi connectivity index (χ1) is 14.5. The topological polar surface area (TPSA) is 43.0 Å². The molecule has 0 spiro atoms. The van der Waals surface area contributed by atoms with E-state index < -0.39 is 18.3 Å². The number of alkyl halides is 3. The highest BCUT2D eigenvalue weighted by atomic mass is 19.4. The molecule has 1 saturated carbocycles. The van der Waals surface area contributed by atoms with E-state index in [0.717, 1.165) is 6.54 Å². The Morgan fingerprint density at radius 2 is 1.90 bits per heavy atom. The number of halogens is 3. The smallest absolute Gasteiger partial charge is 0.370 e. The molecule has 6 nitrogen and oxygen atoms in total. The van der Waals surface area contributed by atoms with Crippen molar-refractivity contribution >= 4 is 0 Å². The van der Waals surface area contributed by atoms with Crippen molar-refractivity contribution in [1.29, 1.82) is 0 Å². The van der Waals surface area contributed by atoms with E-state index >= 15 is 0 Å². The molecule has 1 saturated heterocycles. The summed E-state index contributed by atoms with van der Waals surface area (Å²) in [7, 11) is 3.67. The Bertz CT molecular complexity index is 776. The molecule has 9 heteroatoms. The van der Waals surface area contributed by atoms with Crippen LogP contribution in [-0.2, 0) is 4.74 Å². The number of nitrogens with zero attached hydrogens (tertiary/aromatic N) is 3. The minimum Gasteiger partial charge on any atom is -0.370 e. The monoisotopic (exact) mass is 443 g/mol. The van der Waals surface area contributed by atoms with Crippen LogP contribution in [-0.4, -0.2) is 91.5 Å². The molecule has 0 radical (unpaired) electrons. The summed E-state index contributed by atoms with van der Waals surface area (Å²) < 4.78 is 44.4. The quantitative estimate of drug-likeness (QED) is 0.614. The Hall–Kier alpha value is -1.13. The minimum atomic E-state index is -4.14. The Balaban J connectivity index is 1.57. The van der Waals surface area contributed by atoms with E-state index in [0.29, 0.717) is 38.0 Å². The van der Waals surface area contributed by atoms with Crippen LogP contribution < -0.4 is 10.9 Å². The van der Waals surface area contributed by atoms with Crippen molar-refractivity contribution in [2.45, 2.75) is 51.1 Å². The number of hydrogen-bond donors (Lipinski definition) is 2. The molecule has 4 unspecified atom stereocenters. The first kappa shape index (κ1) is 23.0. The SMILES string of the molecule is CNNC12C3=CN(CC1[C@@H]2C)C(C(C)N1CCN(CC(F)(F)F)CC1)=C(C)C3(C)OC. The molecular formula is C22H36F3N5O. The Labute approximate surface area is 183 Å². The number of ether oxygens (including phenoxy) is 1. The fraction of sp³-hybridized carbons (Fsp3) is 0.818. The zero-order valence-corrected chi connectivity index (χ0v) is 19.4. The molecule has 5 atom stereocenters. The standard InChI is InChI=1S/C22H36F3N5O/c1-14-17-11-30-12-18(22(14,17)27-26-5)20(4,31-6)15(2)19(30)16(3)29-9-7-28(8-10-29)13-21(23,24)25/h12,14,16-17,26-27H,7-11,13H2,1-6H3/t14-,16?,17?,20?,22?/m0/s1. The van der Waals surface area contributed by atoms with Crippen molar-refractivity contribution in [3.63, 3.8) is 0 Å². The normalized spacial score (nSPS) is 37.6. The molecule has 0 amide bonds. The van der Waals surface area contributed by atoms with Crippen LogP contribution in [0.5, 0.6) is 0 Å². The van der Waals surface area contributed by atoms with E-state index in [1.807, 2.05) is 7.05 Å². The lowest BCUT2D eigenvalue weighted by atomic mass is 9.76. The molecule has 2 N–H and O–H groups in total. The van der Waals surface area contributed by atoms with E-state index in [1.54, 1.807) is 7.11 Å². The van der Waals surface area contributed by atoms with Crippen molar-refractivity contribution < 1.29 is 17.9 Å². The van der Waals surface area contributed by atoms with Gasteiger partial charge in [-0.3, -0.25) is 15.2 Å². The maximum atomic E-state index is 12.8. The fourth-order valence-electron chi connectivity index (χ4n) is 6.30. The van der Waals surface area contributed by atoms with Crippen molar-refractivity contribution in [3.8, 4) is 0 Å². The predicted octanol–water partition coefficient (Wildman–Crippen LogP) is 2.18. The fourth-order valence-corrected chi connectivity index (χ4v) is 6.30. The number of piperazine rings is 1. The minimum absolute atomic E-state index is 0.102. The molecule has 4 rings (SSSR count). The number of hydrogen-bond acceptors (Lipinski definition) is 6. The molecular weight excluding hydrogens is 407 g/mol. The first-order valence-electron chi connectivity index (χ1n) is 11.2. The summed E-state index contributed by atoms with van der Waals surface area (Å²) in [6.07, 6.45) is -1.88. The van der Waals surface area contributed by atoms with Crippen molar-refractivity contribution in [1.82, 2.24) is 25.6 Å². The van der Waals surface area contributed by atoms with Gasteiger partial charge in [-0.2, -0.15) is 13.2 Å². The molecule has 3 heterocycles. The summed E-state index contributed by atoms with van der Waals surface area (Å²) in [5.41, 5.74) is 9.74. The summed E-state index contributed by atoms with van der Waals surface area (Å²) in [6.45, 7) is 11.0. The lowest BCUT2D eigenvalue weighted by Gasteiger charge is -2.50. The van der Waals surface area contributed by atoms with Gasteiger partial charge in [0.2, 0.25) is 0 Å². The summed E-state index contributed by atoms with van der Waals surface area (Å²) in [4.78, 5) is 6.19. The van der Waals surface area contributed by atoms with Crippen LogP contribution in [0.1, 0.15) is 27.7 Å². The van der Waals surface area contributed by atoms with Crippen molar-refractivity contribution in [3.05, 3.63) is 23.0 Å². The third-order valence-electron chi connectivity index (χ3n) is 8.34. The maximum absolute atomic E-state index is 12.8. The van der Waals surface area contributed by atoms with Gasteiger partial charge < -0.3 is 9.64 Å². The average Bonchev–Trinajstić information content (AvgIpc) is 3.28. The van der Waals surface area contributed by atoms with Crippen LogP contribution in [0.2, 0.25) is 0 Å². The van der Waals surface area contributed by atoms with E-state index in [-0.39, 0.29) is 11.6 Å². The van der Waals surface area contributed by atoms with Gasteiger partial charge in [-0.05, 0) is 39.3 Å². The summed E-state index contributed by atoms with van der Waals surface area (Å²) in [5.74, 6) is 0.965. The molecule has 1 aliphatic carbocycles. The molecule has 2 bridgehead atoms. The molecule has 176 valence electrons. The largest absolute Gasteiger partial charge is 0.401 e. The van der Waals surface area contributed by atoms with Gasteiger partial charge in [0.05, 0.1) is 12.1 Å². The summed E-state index contributed by atoms with van der Waals surface area (Å²) in [5, 5.41) is 0. The van der Waals surface area contributed by atoms with Crippen molar-refractivity contribution in [2.75, 3.05) is 53.4 Å². The van der Waals surface area contributed by atoms with Gasteiger partial charge in [0, 0.05) is 69.3 Å². The second-order valence-corrected chi connectivity index (χ2v) is 9.69. The average molecular weight is 444 g/mol. The van der Waals surface area contributed by atoms with E-state index in [2.05, 4.69) is 54.5 Å². The maximum Gasteiger partial charge on any atom is 0.401 e. The number of rotatable bonds is 6. The number of fused-ring (bicyclic) bond motifs is 3. The predicted molar refractivity (Wildman–Crippen MR) is 114 cm³/mol. The highest BCUT2D eigenvalue weighted by Gasteiger charge is 2.70. The zero-order chi connectivity index (χ0) is 22.8. The summed E-state index contributed by atoms with van der Waals surface area (Å²) >= 11 is 0. The molecule has 0 aromatic heterocycles. The van der Waals surface area contributed by atoms with Crippen LogP contribution in [0.3, 0.4) is 0 Å². The van der Waals surface area contributed by atoms with Gasteiger partial charge in [-0.25, -0.2) is 5.43 Å². The molecule has 0 aromatic rings. The second-order valence-electron chi connectivity index (χ2n) is 9.69. The number of nitrogens with one attached hydrogen (secondary N) is 2. The lowest BCUT2D eigenvalue weighted by molar-refractivity contribution is -0.149. The van der Waals surface area contributed by atoms with Crippen LogP contribution >= 0.6 is 0 Å². The van der Waals surface area contributed by atoms with Crippen LogP contribution in [0.15, 0.2) is 23.0 Å². The van der Waals surface area contributed by atoms with Crippen molar-refractivity contribution in [2.24, 2.45) is 11.8 Å². The summed E-state index contributed by atoms with van der Waals surface area (Å²) in [6, 6.07) is 0.110. The van der Waals surface area contributed by atoms with Gasteiger partial charge >= 0.3 is 6.18 Å². The van der Waals surface area contributed by atoms with E-state index in [9.17, 15) is 13.2 Å². The van der Waals surface area contributed by atoms with Crippen LogP contribution in [0.25, 0.3) is 0 Å². The molecule has 3 aliphatic heterocycles. The number of hydrazine groups is 1. The van der Waals surface area contributed by atoms with Gasteiger partial charge in [0.15, 0.2) is 0 Å². The van der Waals surface area contributed by atoms with Gasteiger partial charge in [0.25, 0.3) is 0 Å². The molecule has 2 fully saturated rings. The van der Waals surface area contributed by atoms with Crippen LogP contribution in [0, 0.1) is 11.8 Å². The lowest BCUT2D eigenvalue weighted by Crippen LogP contribution is -2.59. The molecule has 31 heavy (non-hydrogen) atoms. The molecule has 4 aliphatic rings. The van der Waals surface area contributed by atoms with Crippen LogP contribution in [0.4, 0.5) is 13.2 Å². The van der Waals surface area contributed by atoms with Gasteiger partial charge in [-0.15, -0.1) is 0 Å². The highest BCUT2D eigenvalue weighted by Crippen LogP contribution is 2.63. The second kappa shape index (κ2) is 7.73. The number of methoxy groups -OCH3 is 1. The first-order valence-corrected chi connectivity index (χ1v) is 11.2. The van der Waals surface area contributed by atoms with Gasteiger partial charge in [-0.1, -0.05) is 6.92 Å². The highest BCUT2D eigenvalue weighted by molar-refractivity contribution is 5.53. The van der Waals surface area contributed by atoms with E-state index in [4.69, 9.17) is 4.74 Å². The van der Waals surface area contributed by atoms with E-state index in [1.165, 1.54) is 21.7 Å². The molecule has 0 aromatic carbocycles. The Kier molecular flexibility index (Phi) is 5.74. The zero-order valence-electron chi connectivity index (χ0n) is 19.4.